The van der Waals surface area contributed by atoms with Crippen molar-refractivity contribution in [1.82, 2.24) is 4.90 Å². The first-order valence-electron chi connectivity index (χ1n) is 12.7. The smallest absolute Gasteiger partial charge is 0.265 e. The Labute approximate surface area is 192 Å². The number of nitrogens with zero attached hydrogens (tertiary/aromatic N) is 1. The molecular weight excluding hydrogens is 408 g/mol. The van der Waals surface area contributed by atoms with Crippen LogP contribution in [-0.2, 0) is 4.74 Å². The number of alkyl halides is 2. The van der Waals surface area contributed by atoms with E-state index in [9.17, 15) is 13.9 Å². The van der Waals surface area contributed by atoms with E-state index in [-0.39, 0.29) is 6.10 Å². The normalized spacial score (nSPS) is 39.2. The highest BCUT2D eigenvalue weighted by molar-refractivity contribution is 5.27. The fourth-order valence-corrected chi connectivity index (χ4v) is 6.83. The van der Waals surface area contributed by atoms with Gasteiger partial charge in [0.15, 0.2) is 0 Å². The highest BCUT2D eigenvalue weighted by Gasteiger charge is 2.48. The fraction of sp³-hybridized carbons (Fsp3) is 0.778. The molecule has 3 nitrogen and oxygen atoms in total. The second-order valence-corrected chi connectivity index (χ2v) is 10.8. The zero-order chi connectivity index (χ0) is 22.7. The molecule has 180 valence electrons. The first-order valence-corrected chi connectivity index (χ1v) is 12.7. The van der Waals surface area contributed by atoms with Crippen molar-refractivity contribution in [2.45, 2.75) is 89.8 Å². The van der Waals surface area contributed by atoms with Gasteiger partial charge in [0.05, 0.1) is 12.7 Å². The van der Waals surface area contributed by atoms with Gasteiger partial charge in [-0.3, -0.25) is 4.90 Å². The largest absolute Gasteiger partial charge is 0.388 e. The van der Waals surface area contributed by atoms with Crippen LogP contribution in [0.4, 0.5) is 8.78 Å². The summed E-state index contributed by atoms with van der Waals surface area (Å²) >= 11 is 0. The van der Waals surface area contributed by atoms with Crippen LogP contribution in [0.1, 0.15) is 71.1 Å². The van der Waals surface area contributed by atoms with Crippen molar-refractivity contribution in [2.24, 2.45) is 17.3 Å². The maximum Gasteiger partial charge on any atom is 0.265 e. The minimum atomic E-state index is -2.38. The van der Waals surface area contributed by atoms with Gasteiger partial charge in [0.25, 0.3) is 6.43 Å². The van der Waals surface area contributed by atoms with E-state index in [0.717, 1.165) is 50.3 Å². The average molecular weight is 450 g/mol. The van der Waals surface area contributed by atoms with E-state index in [1.165, 1.54) is 44.1 Å². The van der Waals surface area contributed by atoms with Crippen LogP contribution in [-0.4, -0.2) is 54.9 Å². The molecule has 0 aromatic heterocycles. The second kappa shape index (κ2) is 10.5. The number of halogens is 2. The van der Waals surface area contributed by atoms with Gasteiger partial charge in [-0.2, -0.15) is 0 Å². The average Bonchev–Trinajstić information content (AvgIpc) is 3.11. The van der Waals surface area contributed by atoms with E-state index in [2.05, 4.69) is 30.6 Å². The lowest BCUT2D eigenvalue weighted by Gasteiger charge is -2.42. The van der Waals surface area contributed by atoms with Gasteiger partial charge in [-0.05, 0) is 93.6 Å². The summed E-state index contributed by atoms with van der Waals surface area (Å²) in [5, 5.41) is 10.1. The molecular formula is C27H41F2NO2. The molecule has 3 saturated carbocycles. The molecule has 0 spiro atoms. The summed E-state index contributed by atoms with van der Waals surface area (Å²) in [6.45, 7) is 8.95. The van der Waals surface area contributed by atoms with Crippen molar-refractivity contribution >= 4 is 0 Å². The van der Waals surface area contributed by atoms with Crippen LogP contribution in [0.25, 0.3) is 0 Å². The highest BCUT2D eigenvalue weighted by Crippen LogP contribution is 2.58. The Morgan fingerprint density at radius 3 is 2.88 bits per heavy atom. The lowest BCUT2D eigenvalue weighted by molar-refractivity contribution is -0.102. The van der Waals surface area contributed by atoms with Crippen LogP contribution in [0.5, 0.6) is 0 Å². The third kappa shape index (κ3) is 5.37. The van der Waals surface area contributed by atoms with Crippen molar-refractivity contribution in [3.8, 4) is 0 Å². The fourth-order valence-electron chi connectivity index (χ4n) is 6.83. The molecule has 1 aliphatic heterocycles. The van der Waals surface area contributed by atoms with Gasteiger partial charge in [-0.1, -0.05) is 36.8 Å². The Morgan fingerprint density at radius 1 is 1.25 bits per heavy atom. The maximum atomic E-state index is 13.0. The Balaban J connectivity index is 1.32. The summed E-state index contributed by atoms with van der Waals surface area (Å²) in [7, 11) is 0. The topological polar surface area (TPSA) is 32.7 Å². The van der Waals surface area contributed by atoms with Crippen molar-refractivity contribution < 1.29 is 18.6 Å². The molecule has 1 heterocycles. The molecule has 5 heteroatoms. The molecule has 3 aliphatic carbocycles. The number of morpholine rings is 1. The summed E-state index contributed by atoms with van der Waals surface area (Å²) in [5.74, 6) is 1.41. The Bertz CT molecular complexity index is 733. The van der Waals surface area contributed by atoms with Gasteiger partial charge < -0.3 is 9.84 Å². The predicted octanol–water partition coefficient (Wildman–Crippen LogP) is 5.90. The van der Waals surface area contributed by atoms with Gasteiger partial charge in [0.2, 0.25) is 0 Å². The number of fused-ring (bicyclic) bond motifs is 1. The molecule has 32 heavy (non-hydrogen) atoms. The number of aliphatic hydroxyl groups is 1. The SMILES string of the molecule is C=C1CC/C(=C/C=C2\CCC[C@]3(C)C(CCCN4CCOC(C(F)F)C4)CCC23)CC1O. The molecule has 4 unspecified atom stereocenters. The van der Waals surface area contributed by atoms with Crippen molar-refractivity contribution in [3.63, 3.8) is 0 Å². The monoisotopic (exact) mass is 449 g/mol. The van der Waals surface area contributed by atoms with Crippen molar-refractivity contribution in [3.05, 3.63) is 35.5 Å². The van der Waals surface area contributed by atoms with Crippen LogP contribution in [0.15, 0.2) is 35.5 Å². The molecule has 1 saturated heterocycles. The maximum absolute atomic E-state index is 13.0. The minimum Gasteiger partial charge on any atom is -0.388 e. The van der Waals surface area contributed by atoms with Crippen LogP contribution >= 0.6 is 0 Å². The molecule has 1 N–H and O–H groups in total. The lowest BCUT2D eigenvalue weighted by atomic mass is 9.62. The standard InChI is InChI=1S/C27H41F2NO2/c1-19-7-8-20(17-24(19)31)9-10-21-5-3-13-27(2)22(11-12-23(21)27)6-4-14-30-15-16-32-25(18-30)26(28)29/h9-10,22-26,31H,1,3-8,11-18H2,2H3/b20-9-,21-10+/t22?,23?,24?,25?,27-/m1/s1. The van der Waals surface area contributed by atoms with Crippen molar-refractivity contribution in [1.29, 1.82) is 0 Å². The molecule has 4 aliphatic rings. The lowest BCUT2D eigenvalue weighted by Crippen LogP contribution is -2.46. The first-order chi connectivity index (χ1) is 15.4. The number of allylic oxidation sites excluding steroid dienone is 3. The predicted molar refractivity (Wildman–Crippen MR) is 125 cm³/mol. The summed E-state index contributed by atoms with van der Waals surface area (Å²) < 4.78 is 31.2. The molecule has 0 bridgehead atoms. The van der Waals surface area contributed by atoms with Gasteiger partial charge in [0, 0.05) is 13.1 Å². The van der Waals surface area contributed by atoms with E-state index >= 15 is 0 Å². The minimum absolute atomic E-state index is 0.367. The molecule has 0 amide bonds. The second-order valence-electron chi connectivity index (χ2n) is 10.8. The van der Waals surface area contributed by atoms with Crippen LogP contribution in [0.2, 0.25) is 0 Å². The van der Waals surface area contributed by atoms with E-state index < -0.39 is 12.5 Å². The summed E-state index contributed by atoms with van der Waals surface area (Å²) in [4.78, 5) is 2.17. The van der Waals surface area contributed by atoms with Crippen LogP contribution in [0.3, 0.4) is 0 Å². The van der Waals surface area contributed by atoms with E-state index in [0.29, 0.717) is 24.5 Å². The molecule has 4 rings (SSSR count). The highest BCUT2D eigenvalue weighted by atomic mass is 19.3. The molecule has 0 aromatic rings. The number of rotatable bonds is 6. The van der Waals surface area contributed by atoms with Crippen molar-refractivity contribution in [2.75, 3.05) is 26.2 Å². The first kappa shape index (κ1) is 24.1. The number of ether oxygens (including phenoxy) is 1. The number of hydrogen-bond donors (Lipinski definition) is 1. The van der Waals surface area contributed by atoms with Gasteiger partial charge in [-0.25, -0.2) is 8.78 Å². The van der Waals surface area contributed by atoms with Crippen LogP contribution in [0, 0.1) is 17.3 Å². The van der Waals surface area contributed by atoms with E-state index in [1.54, 1.807) is 5.57 Å². The van der Waals surface area contributed by atoms with Crippen LogP contribution < -0.4 is 0 Å². The zero-order valence-corrected chi connectivity index (χ0v) is 19.7. The summed E-state index contributed by atoms with van der Waals surface area (Å²) in [6.07, 6.45) is 12.3. The number of hydrogen-bond acceptors (Lipinski definition) is 3. The summed E-state index contributed by atoms with van der Waals surface area (Å²) in [5.41, 5.74) is 4.31. The quantitative estimate of drug-likeness (QED) is 0.512. The van der Waals surface area contributed by atoms with Gasteiger partial charge in [-0.15, -0.1) is 0 Å². The Hall–Kier alpha value is -1.04. The zero-order valence-electron chi connectivity index (χ0n) is 19.7. The van der Waals surface area contributed by atoms with E-state index in [4.69, 9.17) is 4.74 Å². The van der Waals surface area contributed by atoms with Gasteiger partial charge >= 0.3 is 0 Å². The summed E-state index contributed by atoms with van der Waals surface area (Å²) in [6, 6.07) is 0. The Morgan fingerprint density at radius 2 is 2.09 bits per heavy atom. The molecule has 4 fully saturated rings. The third-order valence-corrected chi connectivity index (χ3v) is 8.87. The van der Waals surface area contributed by atoms with E-state index in [1.807, 2.05) is 0 Å². The number of aliphatic hydroxyl groups excluding tert-OH is 1. The third-order valence-electron chi connectivity index (χ3n) is 8.87. The Kier molecular flexibility index (Phi) is 7.89. The molecule has 0 radical (unpaired) electrons. The molecule has 0 aromatic carbocycles. The van der Waals surface area contributed by atoms with Gasteiger partial charge in [0.1, 0.15) is 6.10 Å². The molecule has 5 atom stereocenters.